The van der Waals surface area contributed by atoms with Crippen molar-refractivity contribution in [3.8, 4) is 5.75 Å². The highest BCUT2D eigenvalue weighted by Gasteiger charge is 2.22. The Morgan fingerprint density at radius 3 is 2.86 bits per heavy atom. The summed E-state index contributed by atoms with van der Waals surface area (Å²) < 4.78 is 32.6. The molecule has 1 aliphatic carbocycles. The molecule has 1 saturated carbocycles. The first-order valence-electron chi connectivity index (χ1n) is 7.87. The number of ether oxygens (including phenoxy) is 1. The molecule has 4 nitrogen and oxygen atoms in total. The van der Waals surface area contributed by atoms with E-state index in [9.17, 15) is 8.42 Å². The standard InChI is InChI=1S/C17H25NO3S/c1-3-5-11-22(19,20)18-17(4-2)15-7-6-8-16(12-15)21-13-14-9-10-14/h3,6-8,12,14,17-18H,1,4-5,9-11,13H2,2H3/t17-/m1/s1. The lowest BCUT2D eigenvalue weighted by Gasteiger charge is -2.18. The van der Waals surface area contributed by atoms with Gasteiger partial charge < -0.3 is 4.74 Å². The fraction of sp³-hybridized carbons (Fsp3) is 0.529. The summed E-state index contributed by atoms with van der Waals surface area (Å²) in [5.41, 5.74) is 0.943. The van der Waals surface area contributed by atoms with Crippen LogP contribution < -0.4 is 9.46 Å². The molecule has 0 amide bonds. The summed E-state index contributed by atoms with van der Waals surface area (Å²) >= 11 is 0. The lowest BCUT2D eigenvalue weighted by atomic mass is 10.1. The maximum absolute atomic E-state index is 12.1. The maximum atomic E-state index is 12.1. The molecule has 0 unspecified atom stereocenters. The van der Waals surface area contributed by atoms with E-state index in [0.29, 0.717) is 18.8 Å². The van der Waals surface area contributed by atoms with Crippen LogP contribution >= 0.6 is 0 Å². The fourth-order valence-electron chi connectivity index (χ4n) is 2.22. The molecule has 5 heteroatoms. The molecular formula is C17H25NO3S. The van der Waals surface area contributed by atoms with Crippen LogP contribution in [0, 0.1) is 5.92 Å². The van der Waals surface area contributed by atoms with Gasteiger partial charge in [0.25, 0.3) is 0 Å². The van der Waals surface area contributed by atoms with Crippen LogP contribution in [-0.2, 0) is 10.0 Å². The van der Waals surface area contributed by atoms with Crippen molar-refractivity contribution in [3.63, 3.8) is 0 Å². The summed E-state index contributed by atoms with van der Waals surface area (Å²) in [6.45, 7) is 6.29. The van der Waals surface area contributed by atoms with Crippen molar-refractivity contribution in [1.29, 1.82) is 0 Å². The minimum absolute atomic E-state index is 0.0743. The second-order valence-electron chi connectivity index (χ2n) is 5.80. The monoisotopic (exact) mass is 323 g/mol. The van der Waals surface area contributed by atoms with E-state index in [1.54, 1.807) is 6.08 Å². The number of benzene rings is 1. The highest BCUT2D eigenvalue weighted by Crippen LogP contribution is 2.30. The van der Waals surface area contributed by atoms with Crippen LogP contribution in [0.25, 0.3) is 0 Å². The number of sulfonamides is 1. The molecule has 0 saturated heterocycles. The van der Waals surface area contributed by atoms with Gasteiger partial charge in [0.15, 0.2) is 0 Å². The molecule has 22 heavy (non-hydrogen) atoms. The van der Waals surface area contributed by atoms with E-state index in [2.05, 4.69) is 11.3 Å². The predicted octanol–water partition coefficient (Wildman–Crippen LogP) is 3.42. The second-order valence-corrected chi connectivity index (χ2v) is 7.68. The van der Waals surface area contributed by atoms with Crippen molar-refractivity contribution in [2.75, 3.05) is 12.4 Å². The molecule has 1 atom stereocenters. The summed E-state index contributed by atoms with van der Waals surface area (Å²) in [5.74, 6) is 1.58. The molecule has 122 valence electrons. The van der Waals surface area contributed by atoms with Crippen molar-refractivity contribution < 1.29 is 13.2 Å². The van der Waals surface area contributed by atoms with E-state index in [4.69, 9.17) is 4.74 Å². The molecule has 2 rings (SSSR count). The summed E-state index contributed by atoms with van der Waals surface area (Å²) in [5, 5.41) is 0. The van der Waals surface area contributed by atoms with E-state index in [1.807, 2.05) is 31.2 Å². The van der Waals surface area contributed by atoms with Gasteiger partial charge in [0.05, 0.1) is 12.4 Å². The van der Waals surface area contributed by atoms with Crippen LogP contribution in [0.2, 0.25) is 0 Å². The van der Waals surface area contributed by atoms with Crippen LogP contribution in [-0.4, -0.2) is 20.8 Å². The first-order valence-corrected chi connectivity index (χ1v) is 9.53. The summed E-state index contributed by atoms with van der Waals surface area (Å²) in [6, 6.07) is 7.49. The third-order valence-electron chi connectivity index (χ3n) is 3.76. The van der Waals surface area contributed by atoms with Crippen LogP contribution in [0.3, 0.4) is 0 Å². The average molecular weight is 323 g/mol. The van der Waals surface area contributed by atoms with Crippen molar-refractivity contribution >= 4 is 10.0 Å². The Hall–Kier alpha value is -1.33. The van der Waals surface area contributed by atoms with Gasteiger partial charge in [-0.2, -0.15) is 0 Å². The molecule has 1 aromatic rings. The largest absolute Gasteiger partial charge is 0.493 e. The molecular weight excluding hydrogens is 298 g/mol. The van der Waals surface area contributed by atoms with Gasteiger partial charge in [-0.05, 0) is 49.3 Å². The third-order valence-corrected chi connectivity index (χ3v) is 5.18. The number of nitrogens with one attached hydrogen (secondary N) is 1. The predicted molar refractivity (Wildman–Crippen MR) is 89.4 cm³/mol. The molecule has 0 aliphatic heterocycles. The van der Waals surface area contributed by atoms with Crippen molar-refractivity contribution in [3.05, 3.63) is 42.5 Å². The van der Waals surface area contributed by atoms with Crippen LogP contribution in [0.5, 0.6) is 5.75 Å². The highest BCUT2D eigenvalue weighted by molar-refractivity contribution is 7.89. The van der Waals surface area contributed by atoms with Crippen LogP contribution in [0.1, 0.15) is 44.2 Å². The number of hydrogen-bond acceptors (Lipinski definition) is 3. The summed E-state index contributed by atoms with van der Waals surface area (Å²) in [6.07, 6.45) is 5.27. The number of rotatable bonds is 10. The zero-order chi connectivity index (χ0) is 16.0. The topological polar surface area (TPSA) is 55.4 Å². The van der Waals surface area contributed by atoms with Gasteiger partial charge >= 0.3 is 0 Å². The Morgan fingerprint density at radius 1 is 1.45 bits per heavy atom. The zero-order valence-corrected chi connectivity index (χ0v) is 13.9. The molecule has 1 fully saturated rings. The molecule has 0 radical (unpaired) electrons. The molecule has 1 N–H and O–H groups in total. The second kappa shape index (κ2) is 7.79. The van der Waals surface area contributed by atoms with Gasteiger partial charge in [0, 0.05) is 6.04 Å². The Kier molecular flexibility index (Phi) is 6.03. The van der Waals surface area contributed by atoms with E-state index in [1.165, 1.54) is 12.8 Å². The Balaban J connectivity index is 2.02. The van der Waals surface area contributed by atoms with Crippen molar-refractivity contribution in [1.82, 2.24) is 4.72 Å². The number of allylic oxidation sites excluding steroid dienone is 1. The Bertz CT molecular complexity index is 594. The molecule has 0 spiro atoms. The number of hydrogen-bond donors (Lipinski definition) is 1. The van der Waals surface area contributed by atoms with E-state index >= 15 is 0 Å². The lowest BCUT2D eigenvalue weighted by molar-refractivity contribution is 0.299. The summed E-state index contributed by atoms with van der Waals surface area (Å²) in [4.78, 5) is 0. The van der Waals surface area contributed by atoms with Crippen LogP contribution in [0.15, 0.2) is 36.9 Å². The van der Waals surface area contributed by atoms with E-state index in [0.717, 1.165) is 17.9 Å². The van der Waals surface area contributed by atoms with Gasteiger partial charge in [0.2, 0.25) is 10.0 Å². The van der Waals surface area contributed by atoms with Crippen molar-refractivity contribution in [2.45, 2.75) is 38.6 Å². The van der Waals surface area contributed by atoms with Gasteiger partial charge in [0.1, 0.15) is 5.75 Å². The normalized spacial score (nSPS) is 16.2. The minimum Gasteiger partial charge on any atom is -0.493 e. The van der Waals surface area contributed by atoms with Crippen molar-refractivity contribution in [2.24, 2.45) is 5.92 Å². The maximum Gasteiger partial charge on any atom is 0.212 e. The summed E-state index contributed by atoms with van der Waals surface area (Å²) in [7, 11) is -3.29. The van der Waals surface area contributed by atoms with Crippen LogP contribution in [0.4, 0.5) is 0 Å². The zero-order valence-electron chi connectivity index (χ0n) is 13.1. The Labute approximate surface area is 133 Å². The van der Waals surface area contributed by atoms with Gasteiger partial charge in [-0.15, -0.1) is 6.58 Å². The third kappa shape index (κ3) is 5.46. The smallest absolute Gasteiger partial charge is 0.212 e. The highest BCUT2D eigenvalue weighted by atomic mass is 32.2. The van der Waals surface area contributed by atoms with Gasteiger partial charge in [-0.1, -0.05) is 25.1 Å². The quantitative estimate of drug-likeness (QED) is 0.671. The average Bonchev–Trinajstić information content (AvgIpc) is 3.33. The first kappa shape index (κ1) is 17.0. The lowest BCUT2D eigenvalue weighted by Crippen LogP contribution is -2.30. The molecule has 0 aromatic heterocycles. The minimum atomic E-state index is -3.29. The van der Waals surface area contributed by atoms with E-state index < -0.39 is 10.0 Å². The van der Waals surface area contributed by atoms with E-state index in [-0.39, 0.29) is 11.8 Å². The molecule has 0 heterocycles. The van der Waals surface area contributed by atoms with Gasteiger partial charge in [-0.25, -0.2) is 13.1 Å². The molecule has 1 aliphatic rings. The fourth-order valence-corrected chi connectivity index (χ4v) is 3.55. The molecule has 1 aromatic carbocycles. The van der Waals surface area contributed by atoms with Gasteiger partial charge in [-0.3, -0.25) is 0 Å². The first-order chi connectivity index (χ1) is 10.5. The SMILES string of the molecule is C=CCCS(=O)(=O)N[C@H](CC)c1cccc(OCC2CC2)c1. The Morgan fingerprint density at radius 2 is 2.23 bits per heavy atom. The molecule has 0 bridgehead atoms.